The zero-order valence-electron chi connectivity index (χ0n) is 34.8. The maximum absolute atomic E-state index is 13.7. The molecule has 2 saturated heterocycles. The van der Waals surface area contributed by atoms with Crippen LogP contribution >= 0.6 is 0 Å². The first-order valence-corrected chi connectivity index (χ1v) is 20.4. The number of likely N-dealkylation sites (tertiary alicyclic amines) is 2. The maximum Gasteiger partial charge on any atom is 0.407 e. The molecule has 7 rings (SSSR count). The van der Waals surface area contributed by atoms with Gasteiger partial charge in [-0.3, -0.25) is 9.59 Å². The second kappa shape index (κ2) is 17.8. The third kappa shape index (κ3) is 8.61. The van der Waals surface area contributed by atoms with E-state index in [0.717, 1.165) is 63.1 Å². The molecule has 15 nitrogen and oxygen atoms in total. The molecular formula is C45H53N9O6. The standard InChI is InChI=1S/C45H53N9O6/c1-25(2)38(51-44(57)59-5)42(55)53-17-7-8-36(53)40-47-23-35(50-40)33-16-15-31-19-30(13-14-32(31)20-33)28-9-11-29(12-10-28)34-22-48-41(49-34)37-18-27(21-46)24-54(37)43(56)39(26(3)4)52-45(58)60-6/h9-16,19-23,25-27,36-39,46H,7-8,17-18,24H2,1-6H3,(H,47,50)(H,48,49)(H,51,57)(H,52,58)/t27-,36+,37+,38+,39+/m1/s1. The highest BCUT2D eigenvalue weighted by atomic mass is 16.5. The van der Waals surface area contributed by atoms with Crippen LogP contribution in [0.25, 0.3) is 44.4 Å². The van der Waals surface area contributed by atoms with Crippen molar-refractivity contribution in [2.24, 2.45) is 17.8 Å². The highest BCUT2D eigenvalue weighted by Gasteiger charge is 2.41. The molecule has 4 heterocycles. The van der Waals surface area contributed by atoms with Gasteiger partial charge in [0.25, 0.3) is 0 Å². The van der Waals surface area contributed by atoms with Gasteiger partial charge in [0.1, 0.15) is 23.7 Å². The van der Waals surface area contributed by atoms with E-state index < -0.39 is 24.3 Å². The number of amides is 4. The van der Waals surface area contributed by atoms with Crippen LogP contribution in [0.15, 0.2) is 73.1 Å². The van der Waals surface area contributed by atoms with E-state index >= 15 is 0 Å². The van der Waals surface area contributed by atoms with Crippen LogP contribution < -0.4 is 10.6 Å². The van der Waals surface area contributed by atoms with Crippen LogP contribution in [0.5, 0.6) is 0 Å². The van der Waals surface area contributed by atoms with E-state index in [4.69, 9.17) is 19.9 Å². The number of carbonyl (C=O) groups excluding carboxylic acids is 4. The lowest BCUT2D eigenvalue weighted by molar-refractivity contribution is -0.136. The largest absolute Gasteiger partial charge is 0.453 e. The minimum atomic E-state index is -0.773. The Bertz CT molecular complexity index is 2370. The fourth-order valence-corrected chi connectivity index (χ4v) is 8.30. The fraction of sp³-hybridized carbons (Fsp3) is 0.400. The summed E-state index contributed by atoms with van der Waals surface area (Å²) in [6.45, 7) is 8.49. The molecule has 2 aromatic heterocycles. The predicted molar refractivity (Wildman–Crippen MR) is 228 cm³/mol. The number of benzene rings is 3. The first-order valence-electron chi connectivity index (χ1n) is 20.4. The van der Waals surface area contributed by atoms with Gasteiger partial charge < -0.3 is 45.3 Å². The van der Waals surface area contributed by atoms with Gasteiger partial charge in [-0.15, -0.1) is 0 Å². The number of aromatic nitrogens is 4. The molecule has 0 saturated carbocycles. The summed E-state index contributed by atoms with van der Waals surface area (Å²) in [6.07, 6.45) is 5.83. The number of rotatable bonds is 12. The number of alkyl carbamates (subject to hydrolysis) is 2. The molecule has 5 atom stereocenters. The monoisotopic (exact) mass is 815 g/mol. The third-order valence-corrected chi connectivity index (χ3v) is 11.7. The van der Waals surface area contributed by atoms with Gasteiger partial charge in [0.15, 0.2) is 0 Å². The molecule has 2 aliphatic rings. The first-order chi connectivity index (χ1) is 28.9. The second-order valence-electron chi connectivity index (χ2n) is 16.3. The maximum atomic E-state index is 13.7. The van der Waals surface area contributed by atoms with E-state index in [9.17, 15) is 19.2 Å². The van der Waals surface area contributed by atoms with E-state index in [1.54, 1.807) is 11.1 Å². The molecule has 0 unspecified atom stereocenters. The molecule has 2 fully saturated rings. The molecule has 0 radical (unpaired) electrons. The van der Waals surface area contributed by atoms with Gasteiger partial charge in [0.05, 0.1) is 50.1 Å². The zero-order valence-corrected chi connectivity index (χ0v) is 34.8. The van der Waals surface area contributed by atoms with Gasteiger partial charge in [-0.1, -0.05) is 76.2 Å². The number of nitrogens with zero attached hydrogens (tertiary/aromatic N) is 4. The molecule has 5 aromatic rings. The van der Waals surface area contributed by atoms with E-state index in [-0.39, 0.29) is 41.7 Å². The van der Waals surface area contributed by atoms with Crippen molar-refractivity contribution in [2.75, 3.05) is 27.3 Å². The van der Waals surface area contributed by atoms with Crippen LogP contribution in [0.2, 0.25) is 0 Å². The first kappa shape index (κ1) is 41.6. The number of hydrogen-bond acceptors (Lipinski definition) is 9. The number of imidazole rings is 2. The third-order valence-electron chi connectivity index (χ3n) is 11.7. The average molecular weight is 816 g/mol. The minimum absolute atomic E-state index is 0.111. The Balaban J connectivity index is 1.04. The number of carbonyl (C=O) groups is 4. The van der Waals surface area contributed by atoms with Crippen LogP contribution in [0.4, 0.5) is 9.59 Å². The van der Waals surface area contributed by atoms with Crippen molar-refractivity contribution in [2.45, 2.75) is 71.1 Å². The molecule has 3 aromatic carbocycles. The lowest BCUT2D eigenvalue weighted by Crippen LogP contribution is -2.51. The zero-order chi connectivity index (χ0) is 42.7. The Kier molecular flexibility index (Phi) is 12.3. The fourth-order valence-electron chi connectivity index (χ4n) is 8.30. The van der Waals surface area contributed by atoms with Crippen molar-refractivity contribution >= 4 is 41.0 Å². The Hall–Kier alpha value is -6.51. The number of H-pyrrole nitrogens is 2. The van der Waals surface area contributed by atoms with Gasteiger partial charge >= 0.3 is 12.2 Å². The van der Waals surface area contributed by atoms with Crippen molar-refractivity contribution in [1.29, 1.82) is 5.41 Å². The van der Waals surface area contributed by atoms with Crippen molar-refractivity contribution in [3.63, 3.8) is 0 Å². The van der Waals surface area contributed by atoms with E-state index in [1.165, 1.54) is 20.4 Å². The van der Waals surface area contributed by atoms with Crippen LogP contribution in [0.1, 0.15) is 70.7 Å². The SMILES string of the molecule is COC(=O)N[C@H](C(=O)N1CCC[C@H]1c1ncc(-c2ccc3cc(-c4ccc(-c5cnc([C@@H]6C[C@H](C=N)CN6C(=O)[C@@H](NC(=O)OC)C(C)C)[nH]5)cc4)ccc3c2)[nH]1)C(C)C. The number of hydrogen-bond donors (Lipinski definition) is 5. The number of fused-ring (bicyclic) bond motifs is 1. The van der Waals surface area contributed by atoms with Crippen LogP contribution in [0, 0.1) is 23.2 Å². The summed E-state index contributed by atoms with van der Waals surface area (Å²) < 4.78 is 9.53. The molecule has 4 amide bonds. The topological polar surface area (TPSA) is 198 Å². The van der Waals surface area contributed by atoms with Gasteiger partial charge in [0, 0.05) is 30.8 Å². The van der Waals surface area contributed by atoms with Crippen LogP contribution in [0.3, 0.4) is 0 Å². The summed E-state index contributed by atoms with van der Waals surface area (Å²) >= 11 is 0. The van der Waals surface area contributed by atoms with Gasteiger partial charge in [-0.05, 0) is 70.7 Å². The highest BCUT2D eigenvalue weighted by molar-refractivity contribution is 5.91. The Morgan fingerprint density at radius 1 is 0.717 bits per heavy atom. The average Bonchev–Trinajstić information content (AvgIpc) is 4.10. The predicted octanol–water partition coefficient (Wildman–Crippen LogP) is 7.25. The lowest BCUT2D eigenvalue weighted by Gasteiger charge is -2.30. The lowest BCUT2D eigenvalue weighted by atomic mass is 9.98. The van der Waals surface area contributed by atoms with Gasteiger partial charge in [-0.2, -0.15) is 0 Å². The molecule has 5 N–H and O–H groups in total. The van der Waals surface area contributed by atoms with E-state index in [2.05, 4.69) is 74.1 Å². The molecule has 60 heavy (non-hydrogen) atoms. The molecule has 0 bridgehead atoms. The quantitative estimate of drug-likeness (QED) is 0.0811. The summed E-state index contributed by atoms with van der Waals surface area (Å²) in [5.74, 6) is 0.569. The number of ether oxygens (including phenoxy) is 2. The van der Waals surface area contributed by atoms with Gasteiger partial charge in [-0.25, -0.2) is 19.6 Å². The molecule has 0 spiro atoms. The number of aromatic amines is 2. The summed E-state index contributed by atoms with van der Waals surface area (Å²) in [5.41, 5.74) is 5.72. The van der Waals surface area contributed by atoms with Crippen molar-refractivity contribution in [1.82, 2.24) is 40.4 Å². The van der Waals surface area contributed by atoms with Gasteiger partial charge in [0.2, 0.25) is 11.8 Å². The summed E-state index contributed by atoms with van der Waals surface area (Å²) in [4.78, 5) is 71.2. The smallest absolute Gasteiger partial charge is 0.407 e. The number of methoxy groups -OCH3 is 2. The molecule has 314 valence electrons. The highest BCUT2D eigenvalue weighted by Crippen LogP contribution is 2.37. The molecular weight excluding hydrogens is 763 g/mol. The minimum Gasteiger partial charge on any atom is -0.453 e. The molecule has 0 aliphatic carbocycles. The Labute approximate surface area is 349 Å². The second-order valence-corrected chi connectivity index (χ2v) is 16.3. The van der Waals surface area contributed by atoms with Crippen LogP contribution in [-0.2, 0) is 19.1 Å². The van der Waals surface area contributed by atoms with E-state index in [0.29, 0.717) is 25.3 Å². The van der Waals surface area contributed by atoms with E-state index in [1.807, 2.05) is 50.9 Å². The Morgan fingerprint density at radius 2 is 1.22 bits per heavy atom. The summed E-state index contributed by atoms with van der Waals surface area (Å²) in [6, 6.07) is 18.9. The number of nitrogens with one attached hydrogen (secondary N) is 5. The molecule has 2 aliphatic heterocycles. The summed E-state index contributed by atoms with van der Waals surface area (Å²) in [7, 11) is 2.56. The van der Waals surface area contributed by atoms with Crippen LogP contribution in [-0.4, -0.2) is 99.3 Å². The molecule has 15 heteroatoms. The van der Waals surface area contributed by atoms with Crippen molar-refractivity contribution in [3.8, 4) is 33.6 Å². The van der Waals surface area contributed by atoms with Crippen molar-refractivity contribution in [3.05, 3.63) is 84.7 Å². The summed E-state index contributed by atoms with van der Waals surface area (Å²) in [5, 5.41) is 15.4. The Morgan fingerprint density at radius 3 is 1.78 bits per heavy atom. The van der Waals surface area contributed by atoms with Crippen molar-refractivity contribution < 1.29 is 28.7 Å². The normalized spacial score (nSPS) is 18.8.